The van der Waals surface area contributed by atoms with Crippen LogP contribution >= 0.6 is 11.6 Å². The first-order chi connectivity index (χ1) is 9.25. The summed E-state index contributed by atoms with van der Waals surface area (Å²) >= 11 is 6.07. The van der Waals surface area contributed by atoms with E-state index in [9.17, 15) is 0 Å². The highest BCUT2D eigenvalue weighted by atomic mass is 35.5. The fourth-order valence-corrected chi connectivity index (χ4v) is 1.94. The van der Waals surface area contributed by atoms with Crippen LogP contribution in [-0.2, 0) is 6.61 Å². The summed E-state index contributed by atoms with van der Waals surface area (Å²) in [5.74, 6) is 0.561. The van der Waals surface area contributed by atoms with Crippen molar-refractivity contribution >= 4 is 28.3 Å². The monoisotopic (exact) mass is 275 g/mol. The zero-order chi connectivity index (χ0) is 13.2. The van der Waals surface area contributed by atoms with Gasteiger partial charge in [-0.2, -0.15) is 0 Å². The second kappa shape index (κ2) is 4.78. The molecule has 3 aromatic rings. The maximum Gasteiger partial charge on any atom is 0.179 e. The van der Waals surface area contributed by atoms with Crippen molar-refractivity contribution in [2.24, 2.45) is 0 Å². The predicted octanol–water partition coefficient (Wildman–Crippen LogP) is 3.04. The number of nitrogens with zero attached hydrogens (tertiary/aromatic N) is 2. The van der Waals surface area contributed by atoms with E-state index < -0.39 is 0 Å². The number of ether oxygens (including phenoxy) is 1. The van der Waals surface area contributed by atoms with Crippen LogP contribution in [0.1, 0.15) is 5.56 Å². The largest absolute Gasteiger partial charge is 0.486 e. The van der Waals surface area contributed by atoms with Crippen molar-refractivity contribution < 1.29 is 9.37 Å². The minimum Gasteiger partial charge on any atom is -0.486 e. The highest BCUT2D eigenvalue weighted by molar-refractivity contribution is 6.31. The van der Waals surface area contributed by atoms with Crippen LogP contribution in [0.15, 0.2) is 41.0 Å². The summed E-state index contributed by atoms with van der Waals surface area (Å²) in [6, 6.07) is 10.9. The van der Waals surface area contributed by atoms with Gasteiger partial charge >= 0.3 is 0 Å². The van der Waals surface area contributed by atoms with Crippen molar-refractivity contribution in [3.05, 3.63) is 47.0 Å². The number of anilines is 1. The van der Waals surface area contributed by atoms with Gasteiger partial charge in [0.15, 0.2) is 16.8 Å². The molecule has 6 heteroatoms. The normalized spacial score (nSPS) is 10.8. The van der Waals surface area contributed by atoms with Crippen LogP contribution in [0.4, 0.5) is 5.69 Å². The Morgan fingerprint density at radius 2 is 1.89 bits per heavy atom. The molecule has 0 spiro atoms. The molecule has 0 saturated heterocycles. The second-order valence-electron chi connectivity index (χ2n) is 3.99. The summed E-state index contributed by atoms with van der Waals surface area (Å²) in [4.78, 5) is 0. The van der Waals surface area contributed by atoms with E-state index in [0.717, 1.165) is 5.56 Å². The Balaban J connectivity index is 1.88. The van der Waals surface area contributed by atoms with Gasteiger partial charge in [0.2, 0.25) is 0 Å². The van der Waals surface area contributed by atoms with Crippen LogP contribution in [0.3, 0.4) is 0 Å². The molecule has 0 atom stereocenters. The molecule has 0 amide bonds. The van der Waals surface area contributed by atoms with Crippen molar-refractivity contribution in [3.8, 4) is 5.75 Å². The number of nitrogen functional groups attached to an aromatic ring is 1. The van der Waals surface area contributed by atoms with Crippen LogP contribution in [0.25, 0.3) is 11.0 Å². The van der Waals surface area contributed by atoms with Gasteiger partial charge in [0, 0.05) is 10.6 Å². The molecular weight excluding hydrogens is 266 g/mol. The van der Waals surface area contributed by atoms with E-state index in [2.05, 4.69) is 14.9 Å². The number of hydrogen-bond acceptors (Lipinski definition) is 5. The zero-order valence-electron chi connectivity index (χ0n) is 9.84. The molecule has 0 fully saturated rings. The van der Waals surface area contributed by atoms with E-state index in [1.165, 1.54) is 0 Å². The van der Waals surface area contributed by atoms with Crippen LogP contribution in [0.5, 0.6) is 5.75 Å². The number of halogens is 1. The van der Waals surface area contributed by atoms with Gasteiger partial charge < -0.3 is 10.5 Å². The van der Waals surface area contributed by atoms with Crippen molar-refractivity contribution in [1.29, 1.82) is 0 Å². The lowest BCUT2D eigenvalue weighted by atomic mass is 10.2. The minimum atomic E-state index is 0.339. The van der Waals surface area contributed by atoms with Crippen LogP contribution in [0, 0.1) is 0 Å². The fourth-order valence-electron chi connectivity index (χ4n) is 1.75. The van der Waals surface area contributed by atoms with Gasteiger partial charge in [-0.05, 0) is 28.5 Å². The van der Waals surface area contributed by atoms with Gasteiger partial charge in [0.1, 0.15) is 6.61 Å². The van der Waals surface area contributed by atoms with Crippen LogP contribution in [-0.4, -0.2) is 10.3 Å². The zero-order valence-corrected chi connectivity index (χ0v) is 10.6. The SMILES string of the molecule is Nc1ccc(OCc2ccccc2Cl)c2nonc12. The van der Waals surface area contributed by atoms with Gasteiger partial charge in [-0.25, -0.2) is 4.63 Å². The second-order valence-corrected chi connectivity index (χ2v) is 4.40. The van der Waals surface area contributed by atoms with E-state index in [4.69, 9.17) is 22.1 Å². The Kier molecular flexibility index (Phi) is 2.97. The molecule has 0 saturated carbocycles. The van der Waals surface area contributed by atoms with E-state index in [1.807, 2.05) is 24.3 Å². The van der Waals surface area contributed by atoms with Gasteiger partial charge in [0.05, 0.1) is 5.69 Å². The number of fused-ring (bicyclic) bond motifs is 1. The van der Waals surface area contributed by atoms with Crippen LogP contribution in [0.2, 0.25) is 5.02 Å². The summed E-state index contributed by atoms with van der Waals surface area (Å²) in [6.07, 6.45) is 0. The molecule has 0 unspecified atom stereocenters. The van der Waals surface area contributed by atoms with Gasteiger partial charge in [-0.3, -0.25) is 0 Å². The maximum absolute atomic E-state index is 6.07. The van der Waals surface area contributed by atoms with Gasteiger partial charge in [0.25, 0.3) is 0 Å². The van der Waals surface area contributed by atoms with Crippen molar-refractivity contribution in [2.75, 3.05) is 5.73 Å². The van der Waals surface area contributed by atoms with E-state index in [-0.39, 0.29) is 0 Å². The predicted molar refractivity (Wildman–Crippen MR) is 72.0 cm³/mol. The molecule has 3 rings (SSSR count). The molecule has 96 valence electrons. The minimum absolute atomic E-state index is 0.339. The molecule has 5 nitrogen and oxygen atoms in total. The molecule has 2 aromatic carbocycles. The molecular formula is C13H10ClN3O2. The summed E-state index contributed by atoms with van der Waals surface area (Å²) in [5, 5.41) is 8.18. The molecule has 0 radical (unpaired) electrons. The Morgan fingerprint density at radius 3 is 2.74 bits per heavy atom. The van der Waals surface area contributed by atoms with E-state index >= 15 is 0 Å². The average Bonchev–Trinajstić information content (AvgIpc) is 2.90. The maximum atomic E-state index is 6.07. The highest BCUT2D eigenvalue weighted by Gasteiger charge is 2.11. The molecule has 19 heavy (non-hydrogen) atoms. The number of nitrogens with two attached hydrogens (primary N) is 1. The first kappa shape index (κ1) is 11.8. The fraction of sp³-hybridized carbons (Fsp3) is 0.0769. The third-order valence-corrected chi connectivity index (χ3v) is 3.12. The molecule has 2 N–H and O–H groups in total. The van der Waals surface area contributed by atoms with E-state index in [0.29, 0.717) is 34.1 Å². The first-order valence-corrected chi connectivity index (χ1v) is 6.00. The molecule has 0 bridgehead atoms. The molecule has 1 heterocycles. The summed E-state index contributed by atoms with van der Waals surface area (Å²) in [5.41, 5.74) is 8.16. The van der Waals surface area contributed by atoms with Crippen molar-refractivity contribution in [3.63, 3.8) is 0 Å². The van der Waals surface area contributed by atoms with Crippen LogP contribution < -0.4 is 10.5 Å². The Hall–Kier alpha value is -2.27. The van der Waals surface area contributed by atoms with Crippen molar-refractivity contribution in [2.45, 2.75) is 6.61 Å². The third-order valence-electron chi connectivity index (χ3n) is 2.75. The van der Waals surface area contributed by atoms with Gasteiger partial charge in [-0.15, -0.1) is 0 Å². The standard InChI is InChI=1S/C13H10ClN3O2/c14-9-4-2-1-3-8(9)7-18-11-6-5-10(15)12-13(11)17-19-16-12/h1-6H,7,15H2. The summed E-state index contributed by atoms with van der Waals surface area (Å²) in [7, 11) is 0. The molecule has 1 aromatic heterocycles. The molecule has 0 aliphatic heterocycles. The lowest BCUT2D eigenvalue weighted by Gasteiger charge is -2.08. The first-order valence-electron chi connectivity index (χ1n) is 5.62. The topological polar surface area (TPSA) is 74.2 Å². The molecule has 0 aliphatic carbocycles. The number of benzene rings is 2. The Bertz CT molecular complexity index is 727. The number of hydrogen-bond donors (Lipinski definition) is 1. The van der Waals surface area contributed by atoms with Gasteiger partial charge in [-0.1, -0.05) is 29.8 Å². The quantitative estimate of drug-likeness (QED) is 0.744. The van der Waals surface area contributed by atoms with E-state index in [1.54, 1.807) is 12.1 Å². The molecule has 0 aliphatic rings. The lowest BCUT2D eigenvalue weighted by Crippen LogP contribution is -1.97. The summed E-state index contributed by atoms with van der Waals surface area (Å²) < 4.78 is 10.4. The Morgan fingerprint density at radius 1 is 1.11 bits per heavy atom. The van der Waals surface area contributed by atoms with Crippen molar-refractivity contribution in [1.82, 2.24) is 10.3 Å². The smallest absolute Gasteiger partial charge is 0.179 e. The highest BCUT2D eigenvalue weighted by Crippen LogP contribution is 2.28. The third kappa shape index (κ3) is 2.20. The Labute approximate surface area is 113 Å². The average molecular weight is 276 g/mol. The summed E-state index contributed by atoms with van der Waals surface area (Å²) in [6.45, 7) is 0.339. The lowest BCUT2D eigenvalue weighted by molar-refractivity contribution is 0.299. The number of aromatic nitrogens is 2. The number of rotatable bonds is 3.